The summed E-state index contributed by atoms with van der Waals surface area (Å²) >= 11 is 0. The second-order valence-corrected chi connectivity index (χ2v) is 13.6. The van der Waals surface area contributed by atoms with E-state index in [1.807, 2.05) is 105 Å². The third-order valence-electron chi connectivity index (χ3n) is 9.74. The lowest BCUT2D eigenvalue weighted by atomic mass is 9.97. The Labute approximate surface area is 306 Å². The smallest absolute Gasteiger partial charge is 0.243 e. The van der Waals surface area contributed by atoms with E-state index >= 15 is 0 Å². The number of rotatable bonds is 17. The van der Waals surface area contributed by atoms with Crippen molar-refractivity contribution in [2.75, 3.05) is 13.6 Å². The molecule has 1 saturated heterocycles. The molecule has 1 heterocycles. The summed E-state index contributed by atoms with van der Waals surface area (Å²) in [4.78, 5) is 25.7. The van der Waals surface area contributed by atoms with Gasteiger partial charge < -0.3 is 25.0 Å². The van der Waals surface area contributed by atoms with E-state index < -0.39 is 18.3 Å². The Bertz CT molecular complexity index is 1720. The highest BCUT2D eigenvalue weighted by molar-refractivity contribution is 5.76. The normalized spacial score (nSPS) is 18.5. The fourth-order valence-corrected chi connectivity index (χ4v) is 6.51. The van der Waals surface area contributed by atoms with Gasteiger partial charge in [0, 0.05) is 44.0 Å². The van der Waals surface area contributed by atoms with Gasteiger partial charge in [-0.05, 0) is 72.3 Å². The van der Waals surface area contributed by atoms with Crippen molar-refractivity contribution in [1.29, 1.82) is 0 Å². The Balaban J connectivity index is 1.26. The van der Waals surface area contributed by atoms with Crippen molar-refractivity contribution in [3.05, 3.63) is 131 Å². The van der Waals surface area contributed by atoms with Gasteiger partial charge in [-0.2, -0.15) is 0 Å². The number of aliphatic hydroxyl groups is 2. The molecular formula is C42H51N3O7. The van der Waals surface area contributed by atoms with Crippen LogP contribution in [0.15, 0.2) is 103 Å². The molecule has 276 valence electrons. The number of unbranched alkanes of at least 4 members (excludes halogenated alkanes) is 2. The van der Waals surface area contributed by atoms with E-state index in [0.29, 0.717) is 38.8 Å². The molecule has 0 bridgehead atoms. The molecule has 0 saturated carbocycles. The topological polar surface area (TPSA) is 141 Å². The maximum atomic E-state index is 12.4. The molecule has 52 heavy (non-hydrogen) atoms. The summed E-state index contributed by atoms with van der Waals surface area (Å²) in [6, 6.07) is 33.6. The van der Waals surface area contributed by atoms with Gasteiger partial charge in [-0.1, -0.05) is 97.4 Å². The van der Waals surface area contributed by atoms with Gasteiger partial charge in [0.2, 0.25) is 11.8 Å². The summed E-state index contributed by atoms with van der Waals surface area (Å²) in [5, 5.41) is 32.3. The molecule has 4 aromatic rings. The van der Waals surface area contributed by atoms with Gasteiger partial charge in [-0.15, -0.1) is 0 Å². The first-order valence-electron chi connectivity index (χ1n) is 18.1. The highest BCUT2D eigenvalue weighted by Gasteiger charge is 2.34. The van der Waals surface area contributed by atoms with Crippen LogP contribution in [0.1, 0.15) is 91.8 Å². The molecule has 10 heteroatoms. The SMILES string of the molecule is C[C@@H]([C@H](O)c1ccccc1)N(C)C[C@H]1C[C@@H](c2ccc(CO)cc2)O[C@@H](c2cccc(-c3cccc(CNC(=O)CCCCCC(=O)NO)c3)c2)O1. The van der Waals surface area contributed by atoms with Crippen molar-refractivity contribution >= 4 is 11.8 Å². The molecule has 0 radical (unpaired) electrons. The summed E-state index contributed by atoms with van der Waals surface area (Å²) in [6.07, 6.45) is 1.54. The number of benzene rings is 4. The molecule has 1 fully saturated rings. The molecule has 5 rings (SSSR count). The first-order chi connectivity index (χ1) is 25.2. The standard InChI is InChI=1S/C42H51N3O7/c1-29(41(49)33-12-5-3-6-13-33)45(2)27-37-25-38(32-21-19-30(28-46)20-22-32)52-42(51-37)36-16-10-15-35(24-36)34-14-9-11-31(23-34)26-43-39(47)17-7-4-8-18-40(48)44-50/h3,5-6,9-16,19-24,29,37-38,41-42,46,49-50H,4,7-8,17-18,25-28H2,1-2H3,(H,43,47)(H,44,48)/t29-,37+,38-,41-,42-/m0/s1. The van der Waals surface area contributed by atoms with Crippen LogP contribution in [-0.2, 0) is 32.2 Å². The summed E-state index contributed by atoms with van der Waals surface area (Å²) < 4.78 is 13.3. The fraction of sp³-hybridized carbons (Fsp3) is 0.381. The van der Waals surface area contributed by atoms with E-state index in [-0.39, 0.29) is 37.2 Å². The van der Waals surface area contributed by atoms with E-state index in [9.17, 15) is 19.8 Å². The zero-order valence-corrected chi connectivity index (χ0v) is 30.0. The monoisotopic (exact) mass is 709 g/mol. The minimum atomic E-state index is -0.650. The third-order valence-corrected chi connectivity index (χ3v) is 9.74. The van der Waals surface area contributed by atoms with Gasteiger partial charge in [0.15, 0.2) is 6.29 Å². The van der Waals surface area contributed by atoms with E-state index in [1.54, 1.807) is 5.48 Å². The van der Waals surface area contributed by atoms with Gasteiger partial charge in [0.1, 0.15) is 0 Å². The van der Waals surface area contributed by atoms with Crippen LogP contribution >= 0.6 is 0 Å². The Morgan fingerprint density at radius 3 is 2.21 bits per heavy atom. The number of nitrogens with one attached hydrogen (secondary N) is 2. The number of likely N-dealkylation sites (N-methyl/N-ethyl adjacent to an activating group) is 1. The molecule has 1 aliphatic heterocycles. The van der Waals surface area contributed by atoms with Crippen LogP contribution < -0.4 is 10.8 Å². The molecule has 2 amide bonds. The number of nitrogens with zero attached hydrogens (tertiary/aromatic N) is 1. The van der Waals surface area contributed by atoms with E-state index in [2.05, 4.69) is 22.3 Å². The van der Waals surface area contributed by atoms with Crippen molar-refractivity contribution in [1.82, 2.24) is 15.7 Å². The van der Waals surface area contributed by atoms with Gasteiger partial charge in [-0.25, -0.2) is 5.48 Å². The summed E-state index contributed by atoms with van der Waals surface area (Å²) in [7, 11) is 2.01. The molecule has 1 aliphatic rings. The zero-order chi connectivity index (χ0) is 36.9. The number of hydrogen-bond acceptors (Lipinski definition) is 8. The van der Waals surface area contributed by atoms with E-state index in [0.717, 1.165) is 45.4 Å². The molecule has 0 aliphatic carbocycles. The number of ether oxygens (including phenoxy) is 2. The Morgan fingerprint density at radius 2 is 1.50 bits per heavy atom. The van der Waals surface area contributed by atoms with Crippen LogP contribution in [-0.4, -0.2) is 57.9 Å². The molecule has 4 aromatic carbocycles. The van der Waals surface area contributed by atoms with Gasteiger partial charge >= 0.3 is 0 Å². The maximum absolute atomic E-state index is 12.4. The first-order valence-corrected chi connectivity index (χ1v) is 18.1. The lowest BCUT2D eigenvalue weighted by Crippen LogP contribution is -2.43. The Hall–Kier alpha value is -4.42. The Morgan fingerprint density at radius 1 is 0.808 bits per heavy atom. The van der Waals surface area contributed by atoms with Gasteiger partial charge in [-0.3, -0.25) is 19.7 Å². The minimum Gasteiger partial charge on any atom is -0.392 e. The van der Waals surface area contributed by atoms with E-state index in [4.69, 9.17) is 14.7 Å². The van der Waals surface area contributed by atoms with Crippen LogP contribution in [0.25, 0.3) is 11.1 Å². The number of carbonyl (C=O) groups is 2. The molecule has 5 N–H and O–H groups in total. The highest BCUT2D eigenvalue weighted by atomic mass is 16.7. The predicted molar refractivity (Wildman–Crippen MR) is 199 cm³/mol. The summed E-state index contributed by atoms with van der Waals surface area (Å²) in [5.74, 6) is -0.461. The number of aliphatic hydroxyl groups excluding tert-OH is 2. The van der Waals surface area contributed by atoms with Crippen molar-refractivity contribution in [2.45, 2.75) is 89.2 Å². The van der Waals surface area contributed by atoms with E-state index in [1.165, 1.54) is 0 Å². The van der Waals surface area contributed by atoms with Crippen LogP contribution in [0.3, 0.4) is 0 Å². The van der Waals surface area contributed by atoms with Crippen molar-refractivity contribution in [3.63, 3.8) is 0 Å². The molecule has 0 unspecified atom stereocenters. The number of amides is 2. The van der Waals surface area contributed by atoms with Crippen molar-refractivity contribution < 1.29 is 34.5 Å². The largest absolute Gasteiger partial charge is 0.392 e. The van der Waals surface area contributed by atoms with Gasteiger partial charge in [0.05, 0.1) is 24.9 Å². The van der Waals surface area contributed by atoms with Crippen LogP contribution in [0.2, 0.25) is 0 Å². The van der Waals surface area contributed by atoms with Gasteiger partial charge in [0.25, 0.3) is 0 Å². The van der Waals surface area contributed by atoms with Crippen LogP contribution in [0.5, 0.6) is 0 Å². The van der Waals surface area contributed by atoms with Crippen molar-refractivity contribution in [2.24, 2.45) is 0 Å². The summed E-state index contributed by atoms with van der Waals surface area (Å²) in [6.45, 7) is 2.98. The fourth-order valence-electron chi connectivity index (χ4n) is 6.51. The second kappa shape index (κ2) is 19.4. The lowest BCUT2D eigenvalue weighted by Gasteiger charge is -2.39. The molecule has 10 nitrogen and oxygen atoms in total. The maximum Gasteiger partial charge on any atom is 0.243 e. The van der Waals surface area contributed by atoms with Crippen LogP contribution in [0, 0.1) is 0 Å². The second-order valence-electron chi connectivity index (χ2n) is 13.6. The zero-order valence-electron chi connectivity index (χ0n) is 30.0. The first kappa shape index (κ1) is 38.8. The third kappa shape index (κ3) is 11.0. The average Bonchev–Trinajstić information content (AvgIpc) is 3.19. The lowest BCUT2D eigenvalue weighted by molar-refractivity contribution is -0.253. The molecular weight excluding hydrogens is 658 g/mol. The number of hydroxylamine groups is 1. The molecule has 5 atom stereocenters. The molecule has 0 aromatic heterocycles. The quantitative estimate of drug-likeness (QED) is 0.0475. The Kier molecular flexibility index (Phi) is 14.5. The van der Waals surface area contributed by atoms with Crippen molar-refractivity contribution in [3.8, 4) is 11.1 Å². The number of carbonyl (C=O) groups excluding carboxylic acids is 2. The number of hydrogen-bond donors (Lipinski definition) is 5. The summed E-state index contributed by atoms with van der Waals surface area (Å²) in [5.41, 5.74) is 8.20. The molecule has 0 spiro atoms. The highest BCUT2D eigenvalue weighted by Crippen LogP contribution is 2.39. The minimum absolute atomic E-state index is 0.0258. The van der Waals surface area contributed by atoms with Crippen LogP contribution in [0.4, 0.5) is 0 Å². The average molecular weight is 710 g/mol. The predicted octanol–water partition coefficient (Wildman–Crippen LogP) is 6.52.